The summed E-state index contributed by atoms with van der Waals surface area (Å²) in [5.41, 5.74) is 1.90. The first-order chi connectivity index (χ1) is 9.95. The highest BCUT2D eigenvalue weighted by Crippen LogP contribution is 2.15. The van der Waals surface area contributed by atoms with Crippen molar-refractivity contribution in [2.75, 3.05) is 13.2 Å². The zero-order valence-electron chi connectivity index (χ0n) is 12.4. The Balaban J connectivity index is 1.96. The van der Waals surface area contributed by atoms with Gasteiger partial charge < -0.3 is 19.5 Å². The highest BCUT2D eigenvalue weighted by atomic mass is 32.1. The molecule has 0 spiro atoms. The number of aromatic nitrogens is 1. The van der Waals surface area contributed by atoms with Crippen molar-refractivity contribution >= 4 is 29.2 Å². The molecule has 0 fully saturated rings. The Morgan fingerprint density at radius 3 is 2.86 bits per heavy atom. The molecule has 0 aliphatic carbocycles. The second-order valence-corrected chi connectivity index (χ2v) is 5.90. The molecule has 1 atom stereocenters. The number of carbonyl (C=O) groups is 1. The number of oxazole rings is 1. The maximum atomic E-state index is 12.2. The second kappa shape index (κ2) is 6.87. The summed E-state index contributed by atoms with van der Waals surface area (Å²) in [6, 6.07) is 5.15. The molecule has 0 bridgehead atoms. The van der Waals surface area contributed by atoms with Crippen LogP contribution in [0, 0.1) is 10.8 Å². The van der Waals surface area contributed by atoms with Crippen LogP contribution in [0.3, 0.4) is 0 Å². The fourth-order valence-corrected chi connectivity index (χ4v) is 2.12. The number of rotatable bonds is 6. The smallest absolute Gasteiger partial charge is 0.266 e. The number of fused-ring (bicyclic) bond motifs is 1. The maximum absolute atomic E-state index is 12.2. The van der Waals surface area contributed by atoms with Crippen molar-refractivity contribution < 1.29 is 13.9 Å². The number of carbonyl (C=O) groups excluding carboxylic acids is 1. The molecule has 0 saturated heterocycles. The van der Waals surface area contributed by atoms with Gasteiger partial charge in [-0.25, -0.2) is 0 Å². The predicted octanol–water partition coefficient (Wildman–Crippen LogP) is 3.28. The Morgan fingerprint density at radius 2 is 2.14 bits per heavy atom. The van der Waals surface area contributed by atoms with E-state index in [-0.39, 0.29) is 11.9 Å². The van der Waals surface area contributed by atoms with Gasteiger partial charge in [0.2, 0.25) is 0 Å². The molecule has 1 heterocycles. The zero-order valence-corrected chi connectivity index (χ0v) is 13.3. The molecule has 0 radical (unpaired) electrons. The summed E-state index contributed by atoms with van der Waals surface area (Å²) in [6.45, 7) is 7.28. The van der Waals surface area contributed by atoms with Gasteiger partial charge in [0.05, 0.1) is 12.1 Å². The van der Waals surface area contributed by atoms with Crippen LogP contribution in [-0.2, 0) is 4.74 Å². The van der Waals surface area contributed by atoms with E-state index in [1.54, 1.807) is 18.2 Å². The Bertz CT molecular complexity index is 675. The molecule has 0 saturated carbocycles. The van der Waals surface area contributed by atoms with Crippen LogP contribution in [0.5, 0.6) is 0 Å². The first kappa shape index (κ1) is 15.7. The average Bonchev–Trinajstić information content (AvgIpc) is 2.76. The lowest BCUT2D eigenvalue weighted by Gasteiger charge is -2.15. The SMILES string of the molecule is CC(C)COC[C@H](C)NC(=O)c1ccc2[nH]c(=S)oc2c1. The molecule has 5 nitrogen and oxygen atoms in total. The van der Waals surface area contributed by atoms with Crippen molar-refractivity contribution in [3.8, 4) is 0 Å². The molecule has 2 aromatic rings. The quantitative estimate of drug-likeness (QED) is 0.804. The van der Waals surface area contributed by atoms with Gasteiger partial charge in [0.15, 0.2) is 5.58 Å². The summed E-state index contributed by atoms with van der Waals surface area (Å²) in [7, 11) is 0. The minimum Gasteiger partial charge on any atom is -0.429 e. The number of amides is 1. The van der Waals surface area contributed by atoms with Gasteiger partial charge in [-0.05, 0) is 43.3 Å². The van der Waals surface area contributed by atoms with E-state index in [0.717, 1.165) is 5.52 Å². The van der Waals surface area contributed by atoms with Crippen molar-refractivity contribution in [2.45, 2.75) is 26.8 Å². The van der Waals surface area contributed by atoms with Crippen molar-refractivity contribution in [1.29, 1.82) is 0 Å². The van der Waals surface area contributed by atoms with Gasteiger partial charge in [-0.3, -0.25) is 4.79 Å². The van der Waals surface area contributed by atoms with E-state index in [1.807, 2.05) is 6.92 Å². The van der Waals surface area contributed by atoms with E-state index in [0.29, 0.717) is 35.1 Å². The lowest BCUT2D eigenvalue weighted by molar-refractivity contribution is 0.0792. The van der Waals surface area contributed by atoms with Gasteiger partial charge in [-0.15, -0.1) is 0 Å². The summed E-state index contributed by atoms with van der Waals surface area (Å²) in [4.78, 5) is 15.4. The van der Waals surface area contributed by atoms with Crippen molar-refractivity contribution in [3.63, 3.8) is 0 Å². The standard InChI is InChI=1S/C15H20N2O3S/c1-9(2)7-19-8-10(3)16-14(18)11-4-5-12-13(6-11)20-15(21)17-12/h4-6,9-10H,7-8H2,1-3H3,(H,16,18)(H,17,21)/t10-/m0/s1. The topological polar surface area (TPSA) is 67.3 Å². The molecule has 21 heavy (non-hydrogen) atoms. The van der Waals surface area contributed by atoms with Crippen LogP contribution in [0.15, 0.2) is 22.6 Å². The number of H-pyrrole nitrogens is 1. The van der Waals surface area contributed by atoms with E-state index < -0.39 is 0 Å². The van der Waals surface area contributed by atoms with Crippen LogP contribution in [0.25, 0.3) is 11.1 Å². The molecule has 2 N–H and O–H groups in total. The van der Waals surface area contributed by atoms with E-state index in [4.69, 9.17) is 21.4 Å². The average molecular weight is 308 g/mol. The van der Waals surface area contributed by atoms with E-state index in [9.17, 15) is 4.79 Å². The van der Waals surface area contributed by atoms with Gasteiger partial charge in [-0.2, -0.15) is 0 Å². The fourth-order valence-electron chi connectivity index (χ4n) is 1.92. The first-order valence-corrected chi connectivity index (χ1v) is 7.38. The Labute approximate surface area is 128 Å². The Kier molecular flexibility index (Phi) is 5.14. The summed E-state index contributed by atoms with van der Waals surface area (Å²) in [6.07, 6.45) is 0. The Hall–Kier alpha value is -1.66. The molecule has 2 rings (SSSR count). The third-order valence-electron chi connectivity index (χ3n) is 2.88. The first-order valence-electron chi connectivity index (χ1n) is 6.97. The number of hydrogen-bond donors (Lipinski definition) is 2. The monoisotopic (exact) mass is 308 g/mol. The summed E-state index contributed by atoms with van der Waals surface area (Å²) < 4.78 is 10.8. The molecule has 0 unspecified atom stereocenters. The molecule has 6 heteroatoms. The van der Waals surface area contributed by atoms with Crippen LogP contribution < -0.4 is 5.32 Å². The van der Waals surface area contributed by atoms with Crippen molar-refractivity contribution in [2.24, 2.45) is 5.92 Å². The summed E-state index contributed by atoms with van der Waals surface area (Å²) >= 11 is 4.92. The molecular formula is C15H20N2O3S. The second-order valence-electron chi connectivity index (χ2n) is 5.53. The minimum atomic E-state index is -0.153. The van der Waals surface area contributed by atoms with Gasteiger partial charge in [0.1, 0.15) is 0 Å². The van der Waals surface area contributed by atoms with Crippen molar-refractivity contribution in [1.82, 2.24) is 10.3 Å². The van der Waals surface area contributed by atoms with Gasteiger partial charge in [0, 0.05) is 18.2 Å². The van der Waals surface area contributed by atoms with Gasteiger partial charge in [0.25, 0.3) is 10.7 Å². The number of nitrogens with one attached hydrogen (secondary N) is 2. The summed E-state index contributed by atoms with van der Waals surface area (Å²) in [5, 5.41) is 2.90. The van der Waals surface area contributed by atoms with Gasteiger partial charge >= 0.3 is 0 Å². The normalized spacial score (nSPS) is 12.8. The number of aromatic amines is 1. The molecule has 0 aliphatic heterocycles. The molecule has 0 aliphatic rings. The molecule has 1 amide bonds. The van der Waals surface area contributed by atoms with Crippen molar-refractivity contribution in [3.05, 3.63) is 28.6 Å². The van der Waals surface area contributed by atoms with Crippen LogP contribution in [0.1, 0.15) is 31.1 Å². The third-order valence-corrected chi connectivity index (χ3v) is 3.07. The number of ether oxygens (including phenoxy) is 1. The highest BCUT2D eigenvalue weighted by molar-refractivity contribution is 7.71. The lowest BCUT2D eigenvalue weighted by atomic mass is 10.2. The minimum absolute atomic E-state index is 0.0513. The van der Waals surface area contributed by atoms with E-state index in [1.165, 1.54) is 0 Å². The molecule has 114 valence electrons. The zero-order chi connectivity index (χ0) is 15.4. The number of benzene rings is 1. The van der Waals surface area contributed by atoms with E-state index in [2.05, 4.69) is 24.1 Å². The fraction of sp³-hybridized carbons (Fsp3) is 0.467. The van der Waals surface area contributed by atoms with Gasteiger partial charge in [-0.1, -0.05) is 13.8 Å². The van der Waals surface area contributed by atoms with Crippen LogP contribution in [0.2, 0.25) is 0 Å². The maximum Gasteiger partial charge on any atom is 0.266 e. The lowest BCUT2D eigenvalue weighted by Crippen LogP contribution is -2.36. The van der Waals surface area contributed by atoms with Crippen LogP contribution in [-0.4, -0.2) is 30.1 Å². The molecule has 1 aromatic heterocycles. The number of hydrogen-bond acceptors (Lipinski definition) is 4. The van der Waals surface area contributed by atoms with Crippen LogP contribution in [0.4, 0.5) is 0 Å². The summed E-state index contributed by atoms with van der Waals surface area (Å²) in [5.74, 6) is 0.331. The van der Waals surface area contributed by atoms with E-state index >= 15 is 0 Å². The largest absolute Gasteiger partial charge is 0.429 e. The van der Waals surface area contributed by atoms with Crippen LogP contribution >= 0.6 is 12.2 Å². The molecular weight excluding hydrogens is 288 g/mol. The predicted molar refractivity (Wildman–Crippen MR) is 84.0 cm³/mol. The highest BCUT2D eigenvalue weighted by Gasteiger charge is 2.12. The third kappa shape index (κ3) is 4.41. The Morgan fingerprint density at radius 1 is 1.38 bits per heavy atom. The molecule has 1 aromatic carbocycles.